The van der Waals surface area contributed by atoms with Crippen LogP contribution in [0.4, 0.5) is 5.00 Å². The van der Waals surface area contributed by atoms with Crippen LogP contribution in [0.25, 0.3) is 11.1 Å². The monoisotopic (exact) mass is 407 g/mol. The van der Waals surface area contributed by atoms with Crippen molar-refractivity contribution in [2.75, 3.05) is 26.0 Å². The minimum absolute atomic E-state index is 0.228. The SMILES string of the molecule is COC(=O)c1c(NC(=O)c2ccc(-c3ccccc3)cc2)sc2c1CC[NH+](C)C2. The van der Waals surface area contributed by atoms with Gasteiger partial charge in [-0.25, -0.2) is 4.79 Å². The Morgan fingerprint density at radius 3 is 2.41 bits per heavy atom. The standard InChI is InChI=1S/C23H22N2O3S/c1-25-13-12-18-19(14-25)29-22(20(18)23(27)28-2)24-21(26)17-10-8-16(9-11-17)15-6-4-3-5-7-15/h3-11H,12-14H2,1-2H3,(H,24,26)/p+1. The summed E-state index contributed by atoms with van der Waals surface area (Å²) in [5.41, 5.74) is 4.23. The zero-order chi connectivity index (χ0) is 20.4. The second-order valence-corrected chi connectivity index (χ2v) is 8.34. The number of rotatable bonds is 4. The van der Waals surface area contributed by atoms with Gasteiger partial charge in [-0.1, -0.05) is 42.5 Å². The van der Waals surface area contributed by atoms with Gasteiger partial charge in [-0.2, -0.15) is 0 Å². The lowest BCUT2D eigenvalue weighted by atomic mass is 10.0. The van der Waals surface area contributed by atoms with Crippen LogP contribution in [-0.2, 0) is 17.7 Å². The molecule has 1 atom stereocenters. The minimum atomic E-state index is -0.392. The molecule has 1 unspecified atom stereocenters. The van der Waals surface area contributed by atoms with E-state index in [0.29, 0.717) is 16.1 Å². The van der Waals surface area contributed by atoms with Crippen LogP contribution >= 0.6 is 11.3 Å². The van der Waals surface area contributed by atoms with Crippen molar-refractivity contribution in [1.29, 1.82) is 0 Å². The van der Waals surface area contributed by atoms with E-state index in [1.165, 1.54) is 23.3 Å². The first-order valence-electron chi connectivity index (χ1n) is 9.58. The summed E-state index contributed by atoms with van der Waals surface area (Å²) in [4.78, 5) is 27.8. The zero-order valence-electron chi connectivity index (χ0n) is 16.5. The Kier molecular flexibility index (Phi) is 5.47. The Bertz CT molecular complexity index is 1040. The van der Waals surface area contributed by atoms with Crippen molar-refractivity contribution in [2.45, 2.75) is 13.0 Å². The van der Waals surface area contributed by atoms with Crippen molar-refractivity contribution < 1.29 is 19.2 Å². The van der Waals surface area contributed by atoms with Crippen LogP contribution in [0.3, 0.4) is 0 Å². The summed E-state index contributed by atoms with van der Waals surface area (Å²) in [5.74, 6) is -0.620. The van der Waals surface area contributed by atoms with Crippen LogP contribution < -0.4 is 10.2 Å². The maximum atomic E-state index is 12.8. The van der Waals surface area contributed by atoms with Crippen LogP contribution in [0.2, 0.25) is 0 Å². The highest BCUT2D eigenvalue weighted by atomic mass is 32.1. The summed E-state index contributed by atoms with van der Waals surface area (Å²) in [6.07, 6.45) is 0.809. The minimum Gasteiger partial charge on any atom is -0.465 e. The molecular formula is C23H23N2O3S+. The number of thiophene rings is 1. The van der Waals surface area contributed by atoms with Gasteiger partial charge in [0.05, 0.1) is 31.1 Å². The quantitative estimate of drug-likeness (QED) is 0.654. The van der Waals surface area contributed by atoms with Gasteiger partial charge in [0.25, 0.3) is 5.91 Å². The van der Waals surface area contributed by atoms with Crippen molar-refractivity contribution in [1.82, 2.24) is 0 Å². The number of methoxy groups -OCH3 is 1. The van der Waals surface area contributed by atoms with Crippen LogP contribution in [0.1, 0.15) is 31.2 Å². The first-order valence-corrected chi connectivity index (χ1v) is 10.4. The van der Waals surface area contributed by atoms with Gasteiger partial charge < -0.3 is 15.0 Å². The van der Waals surface area contributed by atoms with Crippen LogP contribution in [0, 0.1) is 0 Å². The Balaban J connectivity index is 1.59. The molecule has 1 aliphatic heterocycles. The third-order valence-electron chi connectivity index (χ3n) is 5.23. The fourth-order valence-corrected chi connectivity index (χ4v) is 4.99. The molecule has 0 radical (unpaired) electrons. The smallest absolute Gasteiger partial charge is 0.341 e. The average Bonchev–Trinajstić information content (AvgIpc) is 3.10. The van der Waals surface area contributed by atoms with E-state index in [-0.39, 0.29) is 5.91 Å². The second kappa shape index (κ2) is 8.19. The number of quaternary nitrogens is 1. The number of likely N-dealkylation sites (N-methyl/N-ethyl adjacent to an activating group) is 1. The molecular weight excluding hydrogens is 384 g/mol. The lowest BCUT2D eigenvalue weighted by molar-refractivity contribution is -0.895. The average molecular weight is 408 g/mol. The number of esters is 1. The number of ether oxygens (including phenoxy) is 1. The fourth-order valence-electron chi connectivity index (χ4n) is 3.65. The zero-order valence-corrected chi connectivity index (χ0v) is 17.3. The largest absolute Gasteiger partial charge is 0.465 e. The topological polar surface area (TPSA) is 59.8 Å². The molecule has 5 nitrogen and oxygen atoms in total. The van der Waals surface area contributed by atoms with Gasteiger partial charge in [-0.3, -0.25) is 4.79 Å². The molecule has 2 heterocycles. The number of hydrogen-bond acceptors (Lipinski definition) is 4. The van der Waals surface area contributed by atoms with Gasteiger partial charge >= 0.3 is 5.97 Å². The van der Waals surface area contributed by atoms with Crippen LogP contribution in [-0.4, -0.2) is 32.6 Å². The lowest BCUT2D eigenvalue weighted by Gasteiger charge is -2.19. The molecule has 0 bridgehead atoms. The third-order valence-corrected chi connectivity index (χ3v) is 6.37. The van der Waals surface area contributed by atoms with E-state index in [1.807, 2.05) is 42.5 Å². The number of benzene rings is 2. The Hall–Kier alpha value is -2.96. The molecule has 0 saturated carbocycles. The molecule has 6 heteroatoms. The van der Waals surface area contributed by atoms with Gasteiger partial charge in [0.2, 0.25) is 0 Å². The van der Waals surface area contributed by atoms with E-state index < -0.39 is 5.97 Å². The molecule has 4 rings (SSSR count). The number of carbonyl (C=O) groups excluding carboxylic acids is 2. The number of anilines is 1. The number of fused-ring (bicyclic) bond motifs is 1. The predicted octanol–water partition coefficient (Wildman–Crippen LogP) is 3.02. The number of nitrogens with one attached hydrogen (secondary N) is 2. The highest BCUT2D eigenvalue weighted by Crippen LogP contribution is 2.35. The molecule has 1 amide bonds. The molecule has 1 aromatic heterocycles. The summed E-state index contributed by atoms with van der Waals surface area (Å²) in [6.45, 7) is 1.81. The van der Waals surface area contributed by atoms with Crippen molar-refractivity contribution in [3.05, 3.63) is 76.2 Å². The fraction of sp³-hybridized carbons (Fsp3) is 0.217. The summed E-state index contributed by atoms with van der Waals surface area (Å²) in [7, 11) is 3.51. The molecule has 3 aromatic rings. The Labute approximate surface area is 173 Å². The molecule has 0 saturated heterocycles. The van der Waals surface area contributed by atoms with E-state index in [1.54, 1.807) is 12.1 Å². The normalized spacial score (nSPS) is 15.4. The van der Waals surface area contributed by atoms with E-state index in [2.05, 4.69) is 12.4 Å². The van der Waals surface area contributed by atoms with E-state index in [0.717, 1.165) is 41.1 Å². The van der Waals surface area contributed by atoms with Gasteiger partial charge in [-0.15, -0.1) is 11.3 Å². The molecule has 2 N–H and O–H groups in total. The molecule has 1 aliphatic rings. The highest BCUT2D eigenvalue weighted by molar-refractivity contribution is 7.17. The molecule has 2 aromatic carbocycles. The van der Waals surface area contributed by atoms with Crippen molar-refractivity contribution >= 4 is 28.2 Å². The number of carbonyl (C=O) groups is 2. The van der Waals surface area contributed by atoms with Crippen molar-refractivity contribution in [3.63, 3.8) is 0 Å². The van der Waals surface area contributed by atoms with Gasteiger partial charge in [0.1, 0.15) is 11.5 Å². The van der Waals surface area contributed by atoms with Gasteiger partial charge in [0.15, 0.2) is 0 Å². The van der Waals surface area contributed by atoms with E-state index in [9.17, 15) is 9.59 Å². The third kappa shape index (κ3) is 3.95. The predicted molar refractivity (Wildman–Crippen MR) is 115 cm³/mol. The molecule has 148 valence electrons. The summed E-state index contributed by atoms with van der Waals surface area (Å²) >= 11 is 1.48. The molecule has 0 aliphatic carbocycles. The number of hydrogen-bond donors (Lipinski definition) is 2. The maximum Gasteiger partial charge on any atom is 0.341 e. The van der Waals surface area contributed by atoms with E-state index >= 15 is 0 Å². The second-order valence-electron chi connectivity index (χ2n) is 7.23. The van der Waals surface area contributed by atoms with Gasteiger partial charge in [-0.05, 0) is 28.8 Å². The van der Waals surface area contributed by atoms with Gasteiger partial charge in [0, 0.05) is 12.0 Å². The van der Waals surface area contributed by atoms with Crippen molar-refractivity contribution in [3.8, 4) is 11.1 Å². The van der Waals surface area contributed by atoms with E-state index in [4.69, 9.17) is 4.74 Å². The molecule has 0 spiro atoms. The molecule has 29 heavy (non-hydrogen) atoms. The molecule has 0 fully saturated rings. The maximum absolute atomic E-state index is 12.8. The van der Waals surface area contributed by atoms with Crippen LogP contribution in [0.5, 0.6) is 0 Å². The Morgan fingerprint density at radius 1 is 1.03 bits per heavy atom. The summed E-state index contributed by atoms with van der Waals surface area (Å²) < 4.78 is 4.99. The van der Waals surface area contributed by atoms with Crippen molar-refractivity contribution in [2.24, 2.45) is 0 Å². The Morgan fingerprint density at radius 2 is 1.72 bits per heavy atom. The number of amides is 1. The van der Waals surface area contributed by atoms with Crippen LogP contribution in [0.15, 0.2) is 54.6 Å². The lowest BCUT2D eigenvalue weighted by Crippen LogP contribution is -3.08. The highest BCUT2D eigenvalue weighted by Gasteiger charge is 2.30. The summed E-state index contributed by atoms with van der Waals surface area (Å²) in [5, 5.41) is 3.52. The first kappa shape index (κ1) is 19.4. The summed E-state index contributed by atoms with van der Waals surface area (Å²) in [6, 6.07) is 17.5. The first-order chi connectivity index (χ1) is 14.1.